The van der Waals surface area contributed by atoms with Crippen molar-refractivity contribution in [1.82, 2.24) is 10.2 Å². The van der Waals surface area contributed by atoms with Gasteiger partial charge in [-0.25, -0.2) is 13.2 Å². The van der Waals surface area contributed by atoms with Crippen molar-refractivity contribution in [3.63, 3.8) is 0 Å². The van der Waals surface area contributed by atoms with Crippen LogP contribution in [0.5, 0.6) is 5.75 Å². The summed E-state index contributed by atoms with van der Waals surface area (Å²) in [6.45, 7) is 1.92. The minimum absolute atomic E-state index is 0.0371. The third kappa shape index (κ3) is 4.63. The molecule has 1 amide bonds. The molecule has 0 aliphatic heterocycles. The zero-order chi connectivity index (χ0) is 17.0. The number of anilines is 1. The minimum Gasteiger partial charge on any atom is -0.486 e. The monoisotopic (exact) mass is 357 g/mol. The molecule has 0 radical (unpaired) electrons. The van der Waals surface area contributed by atoms with Crippen LogP contribution < -0.4 is 10.1 Å². The number of nitrogens with zero attached hydrogens (tertiary/aromatic N) is 2. The lowest BCUT2D eigenvalue weighted by Gasteiger charge is -2.10. The molecular formula is C13H15N3O5S2. The van der Waals surface area contributed by atoms with Gasteiger partial charge in [0, 0.05) is 11.9 Å². The Labute approximate surface area is 137 Å². The molecule has 10 heteroatoms. The lowest BCUT2D eigenvalue weighted by molar-refractivity contribution is 0.187. The Balaban J connectivity index is 2.02. The maximum Gasteiger partial charge on any atom is 0.411 e. The van der Waals surface area contributed by atoms with E-state index in [-0.39, 0.29) is 10.9 Å². The zero-order valence-electron chi connectivity index (χ0n) is 12.7. The number of hydrogen-bond donors (Lipinski definition) is 1. The highest BCUT2D eigenvalue weighted by atomic mass is 32.2. The quantitative estimate of drug-likeness (QED) is 0.872. The topological polar surface area (TPSA) is 107 Å². The highest BCUT2D eigenvalue weighted by Gasteiger charge is 2.14. The molecule has 0 fully saturated rings. The van der Waals surface area contributed by atoms with Crippen LogP contribution in [0.15, 0.2) is 22.5 Å². The molecule has 0 bridgehead atoms. The number of sulfone groups is 1. The minimum atomic E-state index is -3.35. The van der Waals surface area contributed by atoms with Gasteiger partial charge >= 0.3 is 6.09 Å². The van der Waals surface area contributed by atoms with Crippen LogP contribution in [0.3, 0.4) is 0 Å². The molecule has 1 aromatic carbocycles. The summed E-state index contributed by atoms with van der Waals surface area (Å²) in [6.07, 6.45) is 0.526. The average molecular weight is 357 g/mol. The molecule has 0 aliphatic rings. The van der Waals surface area contributed by atoms with Gasteiger partial charge in [0.25, 0.3) is 0 Å². The van der Waals surface area contributed by atoms with Crippen molar-refractivity contribution in [2.75, 3.05) is 18.7 Å². The van der Waals surface area contributed by atoms with Crippen LogP contribution in [-0.2, 0) is 21.2 Å². The summed E-state index contributed by atoms with van der Waals surface area (Å²) >= 11 is 0.969. The molecule has 0 unspecified atom stereocenters. The highest BCUT2D eigenvalue weighted by molar-refractivity contribution is 7.92. The number of rotatable bonds is 5. The number of carbonyl (C=O) groups excluding carboxylic acids is 1. The smallest absolute Gasteiger partial charge is 0.411 e. The summed E-state index contributed by atoms with van der Waals surface area (Å²) in [5, 5.41) is 10.4. The third-order valence-corrected chi connectivity index (χ3v) is 5.31. The second-order valence-corrected chi connectivity index (χ2v) is 7.87. The molecule has 0 saturated heterocycles. The molecule has 2 aromatic rings. The van der Waals surface area contributed by atoms with Crippen LogP contribution in [0.2, 0.25) is 0 Å². The second-order valence-electron chi connectivity index (χ2n) is 4.62. The first-order chi connectivity index (χ1) is 10.8. The van der Waals surface area contributed by atoms with Crippen molar-refractivity contribution in [3.05, 3.63) is 28.8 Å². The number of benzene rings is 1. The van der Waals surface area contributed by atoms with Crippen LogP contribution in [-0.4, -0.2) is 38.1 Å². The van der Waals surface area contributed by atoms with Gasteiger partial charge in [-0.3, -0.25) is 5.32 Å². The Bertz CT molecular complexity index is 817. The first-order valence-electron chi connectivity index (χ1n) is 6.40. The van der Waals surface area contributed by atoms with E-state index in [2.05, 4.69) is 20.3 Å². The predicted octanol–water partition coefficient (Wildman–Crippen LogP) is 2.01. The predicted molar refractivity (Wildman–Crippen MR) is 84.6 cm³/mol. The number of ether oxygens (including phenoxy) is 2. The summed E-state index contributed by atoms with van der Waals surface area (Å²) in [5.41, 5.74) is 1.40. The molecule has 0 spiro atoms. The molecule has 0 saturated carbocycles. The lowest BCUT2D eigenvalue weighted by Crippen LogP contribution is -2.11. The maximum absolute atomic E-state index is 11.3. The fourth-order valence-corrected chi connectivity index (χ4v) is 3.18. The van der Waals surface area contributed by atoms with Gasteiger partial charge in [-0.05, 0) is 30.7 Å². The standard InChI is InChI=1S/C13H15N3O5S2/c1-8-6-9(4-5-10(8)14-12(17)20-2)21-7-11-15-16-13(22-11)23(3,18)19/h4-6H,7H2,1-3H3,(H,14,17). The van der Waals surface area contributed by atoms with Crippen molar-refractivity contribution >= 4 is 33.0 Å². The molecule has 124 valence electrons. The molecular weight excluding hydrogens is 342 g/mol. The Hall–Kier alpha value is -2.20. The molecule has 1 aromatic heterocycles. The zero-order valence-corrected chi connectivity index (χ0v) is 14.3. The van der Waals surface area contributed by atoms with Gasteiger partial charge in [-0.2, -0.15) is 0 Å². The van der Waals surface area contributed by atoms with Crippen LogP contribution in [0.25, 0.3) is 0 Å². The number of amides is 1. The van der Waals surface area contributed by atoms with E-state index in [9.17, 15) is 13.2 Å². The second kappa shape index (κ2) is 6.92. The normalized spacial score (nSPS) is 11.1. The van der Waals surface area contributed by atoms with Gasteiger partial charge in [-0.15, -0.1) is 10.2 Å². The van der Waals surface area contributed by atoms with Crippen molar-refractivity contribution in [2.24, 2.45) is 0 Å². The Morgan fingerprint density at radius 3 is 2.65 bits per heavy atom. The van der Waals surface area contributed by atoms with E-state index in [0.717, 1.165) is 23.2 Å². The first kappa shape index (κ1) is 17.2. The Morgan fingerprint density at radius 2 is 2.09 bits per heavy atom. The van der Waals surface area contributed by atoms with Gasteiger partial charge in [-0.1, -0.05) is 11.3 Å². The van der Waals surface area contributed by atoms with Gasteiger partial charge in [0.15, 0.2) is 5.01 Å². The molecule has 2 rings (SSSR count). The van der Waals surface area contributed by atoms with E-state index in [1.165, 1.54) is 7.11 Å². The van der Waals surface area contributed by atoms with Gasteiger partial charge < -0.3 is 9.47 Å². The summed E-state index contributed by atoms with van der Waals surface area (Å²) in [7, 11) is -2.07. The molecule has 0 aliphatic carbocycles. The van der Waals surface area contributed by atoms with Gasteiger partial charge in [0.05, 0.1) is 7.11 Å². The SMILES string of the molecule is COC(=O)Nc1ccc(OCc2nnc(S(C)(=O)=O)s2)cc1C. The van der Waals surface area contributed by atoms with E-state index in [0.29, 0.717) is 16.4 Å². The molecule has 23 heavy (non-hydrogen) atoms. The molecule has 8 nitrogen and oxygen atoms in total. The third-order valence-electron chi connectivity index (χ3n) is 2.75. The van der Waals surface area contributed by atoms with Crippen molar-refractivity contribution in [2.45, 2.75) is 17.9 Å². The summed E-state index contributed by atoms with van der Waals surface area (Å²) in [6, 6.07) is 5.10. The summed E-state index contributed by atoms with van der Waals surface area (Å²) in [4.78, 5) is 11.2. The largest absolute Gasteiger partial charge is 0.486 e. The van der Waals surface area contributed by atoms with Crippen molar-refractivity contribution in [3.8, 4) is 5.75 Å². The molecule has 1 heterocycles. The Morgan fingerprint density at radius 1 is 1.35 bits per heavy atom. The molecule has 1 N–H and O–H groups in total. The van der Waals surface area contributed by atoms with Gasteiger partial charge in [0.1, 0.15) is 12.4 Å². The first-order valence-corrected chi connectivity index (χ1v) is 9.11. The summed E-state index contributed by atoms with van der Waals surface area (Å²) in [5.74, 6) is 0.564. The molecule has 0 atom stereocenters. The highest BCUT2D eigenvalue weighted by Crippen LogP contribution is 2.23. The van der Waals surface area contributed by atoms with E-state index in [4.69, 9.17) is 4.74 Å². The van der Waals surface area contributed by atoms with Crippen molar-refractivity contribution in [1.29, 1.82) is 0 Å². The average Bonchev–Trinajstić information content (AvgIpc) is 2.96. The van der Waals surface area contributed by atoms with Crippen LogP contribution in [0.1, 0.15) is 10.6 Å². The van der Waals surface area contributed by atoms with Gasteiger partial charge in [0.2, 0.25) is 14.2 Å². The van der Waals surface area contributed by atoms with E-state index < -0.39 is 15.9 Å². The fraction of sp³-hybridized carbons (Fsp3) is 0.308. The van der Waals surface area contributed by atoms with Crippen LogP contribution >= 0.6 is 11.3 Å². The van der Waals surface area contributed by atoms with Crippen LogP contribution in [0, 0.1) is 6.92 Å². The fourth-order valence-electron chi connectivity index (χ4n) is 1.62. The van der Waals surface area contributed by atoms with E-state index in [1.807, 2.05) is 6.92 Å². The number of hydrogen-bond acceptors (Lipinski definition) is 8. The number of carbonyl (C=O) groups is 1. The maximum atomic E-state index is 11.3. The number of nitrogens with one attached hydrogen (secondary N) is 1. The lowest BCUT2D eigenvalue weighted by atomic mass is 10.2. The van der Waals surface area contributed by atoms with Crippen molar-refractivity contribution < 1.29 is 22.7 Å². The van der Waals surface area contributed by atoms with Crippen LogP contribution in [0.4, 0.5) is 10.5 Å². The number of aromatic nitrogens is 2. The number of methoxy groups -OCH3 is 1. The van der Waals surface area contributed by atoms with E-state index in [1.54, 1.807) is 18.2 Å². The summed E-state index contributed by atoms with van der Waals surface area (Å²) < 4.78 is 32.7. The van der Waals surface area contributed by atoms with E-state index >= 15 is 0 Å². The number of aryl methyl sites for hydroxylation is 1. The Kier molecular flexibility index (Phi) is 5.16.